The number of rotatable bonds is 2. The van der Waals surface area contributed by atoms with Crippen molar-refractivity contribution in [2.75, 3.05) is 0 Å². The molecule has 1 aromatic heterocycles. The number of fused-ring (bicyclic) bond motifs is 6. The first-order valence-corrected chi connectivity index (χ1v) is 12.2. The highest BCUT2D eigenvalue weighted by Crippen LogP contribution is 2.36. The summed E-state index contributed by atoms with van der Waals surface area (Å²) in [4.78, 5) is 0. The van der Waals surface area contributed by atoms with Crippen LogP contribution in [0.3, 0.4) is 0 Å². The van der Waals surface area contributed by atoms with Crippen molar-refractivity contribution in [3.05, 3.63) is 126 Å². The van der Waals surface area contributed by atoms with E-state index in [2.05, 4.69) is 108 Å². The van der Waals surface area contributed by atoms with Crippen LogP contribution >= 0.6 is 0 Å². The van der Waals surface area contributed by atoms with Crippen LogP contribution in [0.4, 0.5) is 0 Å². The summed E-state index contributed by atoms with van der Waals surface area (Å²) in [6, 6.07) is 43.9. The molecule has 7 aromatic rings. The van der Waals surface area contributed by atoms with Crippen LogP contribution in [0.15, 0.2) is 115 Å². The molecule has 6 aromatic carbocycles. The Morgan fingerprint density at radius 2 is 1.05 bits per heavy atom. The van der Waals surface area contributed by atoms with Crippen LogP contribution in [-0.2, 0) is 0 Å². The predicted molar refractivity (Wildman–Crippen MR) is 151 cm³/mol. The van der Waals surface area contributed by atoms with Gasteiger partial charge in [-0.05, 0) is 69.6 Å². The average Bonchev–Trinajstić information content (AvgIpc) is 3.30. The van der Waals surface area contributed by atoms with Gasteiger partial charge in [-0.2, -0.15) is 10.5 Å². The van der Waals surface area contributed by atoms with Gasteiger partial charge in [0, 0.05) is 22.0 Å². The summed E-state index contributed by atoms with van der Waals surface area (Å²) in [5, 5.41) is 26.3. The molecule has 37 heavy (non-hydrogen) atoms. The van der Waals surface area contributed by atoms with Gasteiger partial charge in [-0.3, -0.25) is 0 Å². The lowest BCUT2D eigenvalue weighted by atomic mass is 9.92. The lowest BCUT2D eigenvalue weighted by Crippen LogP contribution is -1.94. The molecule has 0 spiro atoms. The van der Waals surface area contributed by atoms with Gasteiger partial charge in [0.05, 0.1) is 34.3 Å². The van der Waals surface area contributed by atoms with Gasteiger partial charge in [-0.1, -0.05) is 72.8 Å². The Labute approximate surface area is 213 Å². The average molecular weight is 470 g/mol. The molecular formula is C34H19N3. The molecule has 0 N–H and O–H groups in total. The maximum atomic E-state index is 9.63. The fourth-order valence-electron chi connectivity index (χ4n) is 5.60. The quantitative estimate of drug-likeness (QED) is 0.238. The molecule has 170 valence electrons. The van der Waals surface area contributed by atoms with Crippen LogP contribution in [0, 0.1) is 22.7 Å². The minimum Gasteiger partial charge on any atom is -0.309 e. The van der Waals surface area contributed by atoms with Crippen LogP contribution in [0.25, 0.3) is 60.2 Å². The number of nitriles is 2. The van der Waals surface area contributed by atoms with E-state index in [0.29, 0.717) is 16.7 Å². The van der Waals surface area contributed by atoms with Crippen molar-refractivity contribution in [3.8, 4) is 29.0 Å². The molecule has 3 nitrogen and oxygen atoms in total. The van der Waals surface area contributed by atoms with Gasteiger partial charge in [-0.25, -0.2) is 0 Å². The van der Waals surface area contributed by atoms with Crippen molar-refractivity contribution < 1.29 is 0 Å². The van der Waals surface area contributed by atoms with Crippen molar-refractivity contribution in [2.45, 2.75) is 0 Å². The van der Waals surface area contributed by atoms with E-state index in [1.807, 2.05) is 6.07 Å². The van der Waals surface area contributed by atoms with E-state index in [1.54, 1.807) is 18.2 Å². The van der Waals surface area contributed by atoms with Crippen molar-refractivity contribution in [1.29, 1.82) is 10.5 Å². The van der Waals surface area contributed by atoms with E-state index < -0.39 is 0 Å². The topological polar surface area (TPSA) is 52.5 Å². The third-order valence-electron chi connectivity index (χ3n) is 7.25. The molecule has 0 amide bonds. The summed E-state index contributed by atoms with van der Waals surface area (Å²) >= 11 is 0. The number of hydrogen-bond acceptors (Lipinski definition) is 2. The Kier molecular flexibility index (Phi) is 4.58. The van der Waals surface area contributed by atoms with Gasteiger partial charge >= 0.3 is 0 Å². The molecule has 0 aliphatic heterocycles. The lowest BCUT2D eigenvalue weighted by molar-refractivity contribution is 1.19. The number of hydrogen-bond donors (Lipinski definition) is 0. The number of aromatic nitrogens is 1. The van der Waals surface area contributed by atoms with Gasteiger partial charge in [0.15, 0.2) is 0 Å². The summed E-state index contributed by atoms with van der Waals surface area (Å²) in [6.45, 7) is 0. The monoisotopic (exact) mass is 469 g/mol. The summed E-state index contributed by atoms with van der Waals surface area (Å²) in [5.41, 5.74) is 6.10. The molecule has 3 heteroatoms. The molecule has 0 atom stereocenters. The van der Waals surface area contributed by atoms with Crippen LogP contribution < -0.4 is 0 Å². The van der Waals surface area contributed by atoms with Crippen molar-refractivity contribution >= 4 is 43.4 Å². The summed E-state index contributed by atoms with van der Waals surface area (Å²) in [5.74, 6) is 0. The minimum absolute atomic E-state index is 0.509. The second kappa shape index (κ2) is 8.09. The second-order valence-corrected chi connectivity index (χ2v) is 9.23. The number of benzene rings is 6. The minimum atomic E-state index is 0.509. The summed E-state index contributed by atoms with van der Waals surface area (Å²) < 4.78 is 2.33. The molecule has 0 aliphatic carbocycles. The first-order valence-electron chi connectivity index (χ1n) is 12.2. The van der Waals surface area contributed by atoms with Gasteiger partial charge < -0.3 is 4.57 Å². The van der Waals surface area contributed by atoms with Crippen LogP contribution in [0.2, 0.25) is 0 Å². The van der Waals surface area contributed by atoms with Gasteiger partial charge in [0.1, 0.15) is 0 Å². The first kappa shape index (κ1) is 20.9. The Balaban J connectivity index is 1.42. The molecule has 0 saturated heterocycles. The molecule has 0 radical (unpaired) electrons. The highest BCUT2D eigenvalue weighted by molar-refractivity contribution is 6.11. The molecule has 0 aliphatic rings. The zero-order chi connectivity index (χ0) is 24.9. The molecule has 7 rings (SSSR count). The zero-order valence-corrected chi connectivity index (χ0v) is 19.8. The fraction of sp³-hybridized carbons (Fsp3) is 0. The van der Waals surface area contributed by atoms with E-state index in [1.165, 1.54) is 27.2 Å². The van der Waals surface area contributed by atoms with E-state index in [4.69, 9.17) is 0 Å². The van der Waals surface area contributed by atoms with Gasteiger partial charge in [-0.15, -0.1) is 0 Å². The van der Waals surface area contributed by atoms with E-state index in [9.17, 15) is 10.5 Å². The Morgan fingerprint density at radius 3 is 1.68 bits per heavy atom. The van der Waals surface area contributed by atoms with Crippen molar-refractivity contribution in [2.24, 2.45) is 0 Å². The Hall–Kier alpha value is -5.38. The molecule has 0 saturated carbocycles. The zero-order valence-electron chi connectivity index (χ0n) is 19.8. The third kappa shape index (κ3) is 3.12. The summed E-state index contributed by atoms with van der Waals surface area (Å²) in [7, 11) is 0. The molecular weight excluding hydrogens is 450 g/mol. The highest BCUT2D eigenvalue weighted by Gasteiger charge is 2.14. The standard InChI is InChI=1S/C34H19N3/c35-20-25-6-5-7-26(21-36)34(25)24-14-16-28-22(18-24)12-13-23-19-27(15-17-29(23)28)37-32-10-3-1-8-30(32)31-9-2-4-11-33(31)37/h1-19H. The maximum Gasteiger partial charge on any atom is 0.0998 e. The number of nitrogens with zero attached hydrogens (tertiary/aromatic N) is 3. The van der Waals surface area contributed by atoms with Crippen LogP contribution in [0.1, 0.15) is 11.1 Å². The lowest BCUT2D eigenvalue weighted by Gasteiger charge is -2.12. The Morgan fingerprint density at radius 1 is 0.486 bits per heavy atom. The normalized spacial score (nSPS) is 11.2. The largest absolute Gasteiger partial charge is 0.309 e. The highest BCUT2D eigenvalue weighted by atomic mass is 15.0. The molecule has 0 bridgehead atoms. The van der Waals surface area contributed by atoms with E-state index >= 15 is 0 Å². The Bertz CT molecular complexity index is 2030. The van der Waals surface area contributed by atoms with Crippen LogP contribution in [-0.4, -0.2) is 4.57 Å². The van der Waals surface area contributed by atoms with E-state index in [0.717, 1.165) is 27.4 Å². The second-order valence-electron chi connectivity index (χ2n) is 9.23. The SMILES string of the molecule is N#Cc1cccc(C#N)c1-c1ccc2c(ccc3cc(-n4c5ccccc5c5ccccc54)ccc32)c1. The van der Waals surface area contributed by atoms with Gasteiger partial charge in [0.2, 0.25) is 0 Å². The molecule has 1 heterocycles. The molecule has 0 fully saturated rings. The fourth-order valence-corrected chi connectivity index (χ4v) is 5.60. The molecule has 0 unspecified atom stereocenters. The maximum absolute atomic E-state index is 9.63. The van der Waals surface area contributed by atoms with Crippen molar-refractivity contribution in [1.82, 2.24) is 4.57 Å². The third-order valence-corrected chi connectivity index (χ3v) is 7.25. The van der Waals surface area contributed by atoms with E-state index in [-0.39, 0.29) is 0 Å². The van der Waals surface area contributed by atoms with Crippen LogP contribution in [0.5, 0.6) is 0 Å². The predicted octanol–water partition coefficient (Wildman–Crippen LogP) is 8.50. The summed E-state index contributed by atoms with van der Waals surface area (Å²) in [6.07, 6.45) is 0. The number of para-hydroxylation sites is 2. The first-order chi connectivity index (χ1) is 18.3. The smallest absolute Gasteiger partial charge is 0.0998 e. The van der Waals surface area contributed by atoms with Crippen molar-refractivity contribution in [3.63, 3.8) is 0 Å². The van der Waals surface area contributed by atoms with Gasteiger partial charge in [0.25, 0.3) is 0 Å².